The number of hydrogen-bond acceptors (Lipinski definition) is 4. The summed E-state index contributed by atoms with van der Waals surface area (Å²) in [7, 11) is -1.86. The maximum atomic E-state index is 11.2. The minimum absolute atomic E-state index is 0.374. The third-order valence-electron chi connectivity index (χ3n) is 1.65. The van der Waals surface area contributed by atoms with Crippen LogP contribution >= 0.6 is 8.03 Å². The standard InChI is InChI=1S/C7H12O4P/c1-2-11-12(9)6-4-3-5-10-7(6)8/h6H,2-5H2,1H3/q+1. The van der Waals surface area contributed by atoms with Gasteiger partial charge in [-0.25, -0.2) is 4.79 Å². The van der Waals surface area contributed by atoms with Gasteiger partial charge < -0.3 is 4.74 Å². The van der Waals surface area contributed by atoms with Crippen molar-refractivity contribution in [2.45, 2.75) is 25.4 Å². The van der Waals surface area contributed by atoms with Gasteiger partial charge in [-0.15, -0.1) is 4.52 Å². The molecule has 0 aromatic rings. The largest absolute Gasteiger partial charge is 0.523 e. The van der Waals surface area contributed by atoms with E-state index < -0.39 is 13.7 Å². The zero-order chi connectivity index (χ0) is 8.97. The Morgan fingerprint density at radius 2 is 2.50 bits per heavy atom. The average Bonchev–Trinajstić information content (AvgIpc) is 2.05. The highest BCUT2D eigenvalue weighted by Gasteiger charge is 2.42. The van der Waals surface area contributed by atoms with Crippen molar-refractivity contribution in [1.29, 1.82) is 0 Å². The zero-order valence-electron chi connectivity index (χ0n) is 6.99. The molecular formula is C7H12O4P+. The van der Waals surface area contributed by atoms with Crippen LogP contribution in [0.4, 0.5) is 0 Å². The molecule has 5 heteroatoms. The van der Waals surface area contributed by atoms with Gasteiger partial charge in [0.1, 0.15) is 0 Å². The first kappa shape index (κ1) is 9.62. The minimum Gasteiger partial charge on any atom is -0.462 e. The van der Waals surface area contributed by atoms with E-state index in [2.05, 4.69) is 0 Å². The normalized spacial score (nSPS) is 24.9. The summed E-state index contributed by atoms with van der Waals surface area (Å²) in [5, 5.41) is 0. The van der Waals surface area contributed by atoms with Crippen molar-refractivity contribution in [3.63, 3.8) is 0 Å². The number of ether oxygens (including phenoxy) is 1. The summed E-state index contributed by atoms with van der Waals surface area (Å²) in [5.74, 6) is -0.379. The zero-order valence-corrected chi connectivity index (χ0v) is 7.88. The van der Waals surface area contributed by atoms with E-state index in [0.717, 1.165) is 6.42 Å². The Labute approximate surface area is 72.1 Å². The van der Waals surface area contributed by atoms with Gasteiger partial charge in [0.2, 0.25) is 0 Å². The van der Waals surface area contributed by atoms with Crippen LogP contribution in [0.25, 0.3) is 0 Å². The predicted molar refractivity (Wildman–Crippen MR) is 43.2 cm³/mol. The van der Waals surface area contributed by atoms with Gasteiger partial charge in [0.25, 0.3) is 5.66 Å². The Morgan fingerprint density at radius 1 is 1.75 bits per heavy atom. The molecule has 0 amide bonds. The molecule has 2 unspecified atom stereocenters. The molecule has 12 heavy (non-hydrogen) atoms. The Bertz CT molecular complexity index is 192. The third-order valence-corrected chi connectivity index (χ3v) is 3.14. The second-order valence-electron chi connectivity index (χ2n) is 2.53. The number of hydrogen-bond donors (Lipinski definition) is 0. The third kappa shape index (κ3) is 2.26. The number of cyclic esters (lactones) is 1. The SMILES string of the molecule is CCO[P+](=O)C1CCCOC1=O. The molecule has 0 aromatic carbocycles. The van der Waals surface area contributed by atoms with E-state index in [9.17, 15) is 9.36 Å². The minimum atomic E-state index is -1.86. The molecule has 1 fully saturated rings. The molecule has 0 aliphatic carbocycles. The summed E-state index contributed by atoms with van der Waals surface area (Å²) in [6.07, 6.45) is 1.40. The molecule has 0 radical (unpaired) electrons. The van der Waals surface area contributed by atoms with Gasteiger partial charge in [0.15, 0.2) is 0 Å². The topological polar surface area (TPSA) is 52.6 Å². The van der Waals surface area contributed by atoms with Gasteiger partial charge >= 0.3 is 14.0 Å². The number of rotatable bonds is 3. The van der Waals surface area contributed by atoms with Crippen molar-refractivity contribution in [3.8, 4) is 0 Å². The Morgan fingerprint density at radius 3 is 3.08 bits per heavy atom. The predicted octanol–water partition coefficient (Wildman–Crippen LogP) is 1.47. The molecule has 0 N–H and O–H groups in total. The molecule has 68 valence electrons. The number of carbonyl (C=O) groups excluding carboxylic acids is 1. The molecular weight excluding hydrogens is 179 g/mol. The first-order valence-corrected chi connectivity index (χ1v) is 5.26. The van der Waals surface area contributed by atoms with E-state index in [1.54, 1.807) is 6.92 Å². The van der Waals surface area contributed by atoms with Crippen molar-refractivity contribution in [1.82, 2.24) is 0 Å². The molecule has 1 aliphatic heterocycles. The Hall–Kier alpha value is -0.470. The maximum Gasteiger partial charge on any atom is 0.523 e. The van der Waals surface area contributed by atoms with Gasteiger partial charge in [-0.05, 0) is 17.9 Å². The summed E-state index contributed by atoms with van der Waals surface area (Å²) in [4.78, 5) is 11.0. The molecule has 1 rings (SSSR count). The van der Waals surface area contributed by atoms with Crippen LogP contribution in [-0.2, 0) is 18.6 Å². The van der Waals surface area contributed by atoms with Crippen LogP contribution in [0.5, 0.6) is 0 Å². The molecule has 0 saturated carbocycles. The molecule has 1 aliphatic rings. The fraction of sp³-hybridized carbons (Fsp3) is 0.857. The lowest BCUT2D eigenvalue weighted by Crippen LogP contribution is -2.26. The van der Waals surface area contributed by atoms with Crippen molar-refractivity contribution >= 4 is 14.0 Å². The maximum absolute atomic E-state index is 11.2. The highest BCUT2D eigenvalue weighted by Crippen LogP contribution is 2.35. The smallest absolute Gasteiger partial charge is 0.462 e. The van der Waals surface area contributed by atoms with Crippen LogP contribution in [0.2, 0.25) is 0 Å². The fourth-order valence-corrected chi connectivity index (χ4v) is 2.15. The molecule has 4 nitrogen and oxygen atoms in total. The van der Waals surface area contributed by atoms with E-state index in [0.29, 0.717) is 19.6 Å². The van der Waals surface area contributed by atoms with Crippen LogP contribution in [0, 0.1) is 0 Å². The van der Waals surface area contributed by atoms with Crippen molar-refractivity contribution in [2.24, 2.45) is 0 Å². The highest BCUT2D eigenvalue weighted by atomic mass is 31.1. The van der Waals surface area contributed by atoms with Crippen molar-refractivity contribution in [3.05, 3.63) is 0 Å². The van der Waals surface area contributed by atoms with Crippen LogP contribution in [-0.4, -0.2) is 24.8 Å². The van der Waals surface area contributed by atoms with Crippen LogP contribution in [0.1, 0.15) is 19.8 Å². The fourth-order valence-electron chi connectivity index (χ4n) is 1.07. The van der Waals surface area contributed by atoms with Crippen molar-refractivity contribution in [2.75, 3.05) is 13.2 Å². The van der Waals surface area contributed by atoms with Gasteiger partial charge in [-0.2, -0.15) is 0 Å². The van der Waals surface area contributed by atoms with Crippen molar-refractivity contribution < 1.29 is 18.6 Å². The summed E-state index contributed by atoms with van der Waals surface area (Å²) < 4.78 is 20.8. The van der Waals surface area contributed by atoms with E-state index in [1.165, 1.54) is 0 Å². The monoisotopic (exact) mass is 191 g/mol. The molecule has 2 atom stereocenters. The first-order valence-electron chi connectivity index (χ1n) is 4.01. The summed E-state index contributed by atoms with van der Waals surface area (Å²) in [6.45, 7) is 2.57. The molecule has 1 heterocycles. The Kier molecular flexibility index (Phi) is 3.63. The molecule has 0 bridgehead atoms. The summed E-state index contributed by atoms with van der Waals surface area (Å²) in [5.41, 5.74) is -0.534. The second-order valence-corrected chi connectivity index (χ2v) is 3.98. The lowest BCUT2D eigenvalue weighted by atomic mass is 10.2. The van der Waals surface area contributed by atoms with Gasteiger partial charge in [-0.3, -0.25) is 0 Å². The quantitative estimate of drug-likeness (QED) is 0.500. The summed E-state index contributed by atoms with van der Waals surface area (Å²) >= 11 is 0. The first-order chi connectivity index (χ1) is 5.75. The number of esters is 1. The van der Waals surface area contributed by atoms with Gasteiger partial charge in [-0.1, -0.05) is 0 Å². The van der Waals surface area contributed by atoms with Crippen LogP contribution < -0.4 is 0 Å². The molecule has 1 saturated heterocycles. The van der Waals surface area contributed by atoms with Crippen LogP contribution in [0.3, 0.4) is 0 Å². The van der Waals surface area contributed by atoms with Crippen LogP contribution in [0.15, 0.2) is 0 Å². The lowest BCUT2D eigenvalue weighted by molar-refractivity contribution is -0.146. The molecule has 0 spiro atoms. The second kappa shape index (κ2) is 4.53. The lowest BCUT2D eigenvalue weighted by Gasteiger charge is -2.12. The average molecular weight is 191 g/mol. The van der Waals surface area contributed by atoms with E-state index in [-0.39, 0.29) is 5.97 Å². The van der Waals surface area contributed by atoms with E-state index >= 15 is 0 Å². The number of carbonyl (C=O) groups is 1. The van der Waals surface area contributed by atoms with Gasteiger partial charge in [0, 0.05) is 6.42 Å². The highest BCUT2D eigenvalue weighted by molar-refractivity contribution is 7.41. The van der Waals surface area contributed by atoms with Gasteiger partial charge in [0.05, 0.1) is 13.2 Å². The van der Waals surface area contributed by atoms with E-state index in [1.807, 2.05) is 0 Å². The Balaban J connectivity index is 2.48. The summed E-state index contributed by atoms with van der Waals surface area (Å²) in [6, 6.07) is 0. The molecule has 0 aromatic heterocycles. The van der Waals surface area contributed by atoms with E-state index in [4.69, 9.17) is 9.26 Å².